The molecule has 0 aliphatic heterocycles. The van der Waals surface area contributed by atoms with Crippen LogP contribution in [0.3, 0.4) is 0 Å². The van der Waals surface area contributed by atoms with Crippen LogP contribution in [0.1, 0.15) is 16.7 Å². The Labute approximate surface area is 83.2 Å². The highest BCUT2D eigenvalue weighted by atomic mass is 14.7. The van der Waals surface area contributed by atoms with Crippen LogP contribution < -0.4 is 11.5 Å². The van der Waals surface area contributed by atoms with E-state index in [-0.39, 0.29) is 0 Å². The van der Waals surface area contributed by atoms with Gasteiger partial charge in [-0.05, 0) is 11.1 Å². The van der Waals surface area contributed by atoms with Crippen molar-refractivity contribution in [3.63, 3.8) is 0 Å². The average Bonchev–Trinajstić information content (AvgIpc) is 2.44. The lowest BCUT2D eigenvalue weighted by molar-refractivity contribution is 1.44. The SMILES string of the molecule is C=Cc1cccc2c1C(=C)C(N)=C2N. The number of hydrogen-bond acceptors (Lipinski definition) is 2. The third kappa shape index (κ3) is 0.909. The fourth-order valence-corrected chi connectivity index (χ4v) is 1.74. The summed E-state index contributed by atoms with van der Waals surface area (Å²) < 4.78 is 0. The van der Waals surface area contributed by atoms with Crippen molar-refractivity contribution >= 4 is 17.3 Å². The number of benzene rings is 1. The van der Waals surface area contributed by atoms with Crippen LogP contribution in [0.4, 0.5) is 0 Å². The first-order valence-corrected chi connectivity index (χ1v) is 4.37. The van der Waals surface area contributed by atoms with Gasteiger partial charge in [-0.2, -0.15) is 0 Å². The summed E-state index contributed by atoms with van der Waals surface area (Å²) in [6.07, 6.45) is 1.79. The predicted molar refractivity (Wildman–Crippen MR) is 60.9 cm³/mol. The summed E-state index contributed by atoms with van der Waals surface area (Å²) in [7, 11) is 0. The van der Waals surface area contributed by atoms with E-state index < -0.39 is 0 Å². The molecule has 0 heterocycles. The first kappa shape index (κ1) is 8.63. The van der Waals surface area contributed by atoms with E-state index in [0.717, 1.165) is 22.3 Å². The van der Waals surface area contributed by atoms with Crippen LogP contribution in [-0.4, -0.2) is 0 Å². The van der Waals surface area contributed by atoms with Crippen molar-refractivity contribution in [3.05, 3.63) is 53.7 Å². The van der Waals surface area contributed by atoms with Crippen LogP contribution in [0, 0.1) is 0 Å². The summed E-state index contributed by atoms with van der Waals surface area (Å²) >= 11 is 0. The van der Waals surface area contributed by atoms with Gasteiger partial charge in [-0.15, -0.1) is 0 Å². The fourth-order valence-electron chi connectivity index (χ4n) is 1.74. The zero-order chi connectivity index (χ0) is 10.3. The van der Waals surface area contributed by atoms with Gasteiger partial charge in [-0.25, -0.2) is 0 Å². The normalized spacial score (nSPS) is 14.4. The molecule has 0 amide bonds. The Morgan fingerprint density at radius 1 is 1.14 bits per heavy atom. The maximum atomic E-state index is 5.86. The van der Waals surface area contributed by atoms with Crippen LogP contribution >= 0.6 is 0 Å². The van der Waals surface area contributed by atoms with Crippen molar-refractivity contribution in [1.29, 1.82) is 0 Å². The first-order chi connectivity index (χ1) is 6.66. The van der Waals surface area contributed by atoms with Crippen molar-refractivity contribution in [2.75, 3.05) is 0 Å². The van der Waals surface area contributed by atoms with Gasteiger partial charge in [0.25, 0.3) is 0 Å². The van der Waals surface area contributed by atoms with Gasteiger partial charge in [0.15, 0.2) is 0 Å². The molecule has 4 N–H and O–H groups in total. The van der Waals surface area contributed by atoms with Crippen LogP contribution in [0.5, 0.6) is 0 Å². The average molecular weight is 184 g/mol. The third-order valence-corrected chi connectivity index (χ3v) is 2.52. The minimum Gasteiger partial charge on any atom is -0.397 e. The second-order valence-electron chi connectivity index (χ2n) is 3.28. The number of nitrogens with two attached hydrogens (primary N) is 2. The Bertz CT molecular complexity index is 467. The Balaban J connectivity index is 2.77. The van der Waals surface area contributed by atoms with Crippen LogP contribution in [0.15, 0.2) is 37.1 Å². The van der Waals surface area contributed by atoms with Gasteiger partial charge in [0.1, 0.15) is 0 Å². The fraction of sp³-hybridized carbons (Fsp3) is 0. The number of hydrogen-bond donors (Lipinski definition) is 2. The van der Waals surface area contributed by atoms with Gasteiger partial charge in [0, 0.05) is 11.1 Å². The summed E-state index contributed by atoms with van der Waals surface area (Å²) in [5.74, 6) is 0. The minimum atomic E-state index is 0.578. The quantitative estimate of drug-likeness (QED) is 0.700. The molecule has 0 saturated heterocycles. The molecule has 0 saturated carbocycles. The summed E-state index contributed by atoms with van der Waals surface area (Å²) in [6.45, 7) is 7.68. The lowest BCUT2D eigenvalue weighted by Crippen LogP contribution is -2.02. The van der Waals surface area contributed by atoms with Gasteiger partial charge >= 0.3 is 0 Å². The van der Waals surface area contributed by atoms with E-state index in [0.29, 0.717) is 11.4 Å². The van der Waals surface area contributed by atoms with Crippen molar-refractivity contribution in [2.24, 2.45) is 11.5 Å². The Hall–Kier alpha value is -1.96. The summed E-state index contributed by atoms with van der Waals surface area (Å²) in [5.41, 5.74) is 16.7. The van der Waals surface area contributed by atoms with Crippen LogP contribution in [0.2, 0.25) is 0 Å². The maximum Gasteiger partial charge on any atom is 0.0634 e. The Morgan fingerprint density at radius 3 is 2.50 bits per heavy atom. The van der Waals surface area contributed by atoms with E-state index in [1.165, 1.54) is 0 Å². The van der Waals surface area contributed by atoms with Crippen LogP contribution in [-0.2, 0) is 0 Å². The molecule has 70 valence electrons. The summed E-state index contributed by atoms with van der Waals surface area (Å²) in [4.78, 5) is 0. The van der Waals surface area contributed by atoms with Crippen molar-refractivity contribution in [1.82, 2.24) is 0 Å². The van der Waals surface area contributed by atoms with E-state index >= 15 is 0 Å². The largest absolute Gasteiger partial charge is 0.397 e. The topological polar surface area (TPSA) is 52.0 Å². The molecule has 0 radical (unpaired) electrons. The van der Waals surface area contributed by atoms with Crippen molar-refractivity contribution in [2.45, 2.75) is 0 Å². The first-order valence-electron chi connectivity index (χ1n) is 4.37. The van der Waals surface area contributed by atoms with Crippen molar-refractivity contribution < 1.29 is 0 Å². The van der Waals surface area contributed by atoms with Gasteiger partial charge < -0.3 is 11.5 Å². The molecular formula is C12H12N2. The summed E-state index contributed by atoms with van der Waals surface area (Å²) in [5, 5.41) is 0. The van der Waals surface area contributed by atoms with Crippen LogP contribution in [0.25, 0.3) is 17.3 Å². The second-order valence-corrected chi connectivity index (χ2v) is 3.28. The molecule has 2 rings (SSSR count). The Morgan fingerprint density at radius 2 is 1.86 bits per heavy atom. The molecule has 1 aliphatic carbocycles. The standard InChI is InChI=1S/C12H12N2/c1-3-8-5-4-6-9-10(8)7(2)11(13)12(9)14/h3-6H,1-2,13-14H2. The van der Waals surface area contributed by atoms with E-state index in [2.05, 4.69) is 13.2 Å². The molecule has 2 nitrogen and oxygen atoms in total. The molecule has 0 unspecified atom stereocenters. The minimum absolute atomic E-state index is 0.578. The Kier molecular flexibility index (Phi) is 1.71. The maximum absolute atomic E-state index is 5.86. The van der Waals surface area contributed by atoms with Crippen molar-refractivity contribution in [3.8, 4) is 0 Å². The zero-order valence-corrected chi connectivity index (χ0v) is 7.88. The smallest absolute Gasteiger partial charge is 0.0634 e. The molecular weight excluding hydrogens is 172 g/mol. The number of allylic oxidation sites excluding steroid dienone is 1. The van der Waals surface area contributed by atoms with E-state index in [4.69, 9.17) is 11.5 Å². The molecule has 1 aliphatic rings. The molecule has 0 fully saturated rings. The second kappa shape index (κ2) is 2.77. The number of rotatable bonds is 1. The highest BCUT2D eigenvalue weighted by molar-refractivity contribution is 5.99. The van der Waals surface area contributed by atoms with E-state index in [9.17, 15) is 0 Å². The zero-order valence-electron chi connectivity index (χ0n) is 7.88. The van der Waals surface area contributed by atoms with Gasteiger partial charge in [0.2, 0.25) is 0 Å². The highest BCUT2D eigenvalue weighted by Crippen LogP contribution is 2.37. The number of fused-ring (bicyclic) bond motifs is 1. The molecule has 0 bridgehead atoms. The van der Waals surface area contributed by atoms with E-state index in [1.807, 2.05) is 18.2 Å². The van der Waals surface area contributed by atoms with Gasteiger partial charge in [-0.3, -0.25) is 0 Å². The lowest BCUT2D eigenvalue weighted by Gasteiger charge is -2.05. The third-order valence-electron chi connectivity index (χ3n) is 2.52. The molecule has 0 spiro atoms. The summed E-state index contributed by atoms with van der Waals surface area (Å²) in [6, 6.07) is 5.86. The highest BCUT2D eigenvalue weighted by Gasteiger charge is 2.22. The molecule has 1 aromatic carbocycles. The predicted octanol–water partition coefficient (Wildman–Crippen LogP) is 1.94. The van der Waals surface area contributed by atoms with Gasteiger partial charge in [-0.1, -0.05) is 37.4 Å². The lowest BCUT2D eigenvalue weighted by atomic mass is 9.99. The van der Waals surface area contributed by atoms with Gasteiger partial charge in [0.05, 0.1) is 11.4 Å². The molecule has 1 aromatic rings. The molecule has 0 atom stereocenters. The van der Waals surface area contributed by atoms with E-state index in [1.54, 1.807) is 6.08 Å². The molecule has 0 aromatic heterocycles. The molecule has 2 heteroatoms. The molecule has 14 heavy (non-hydrogen) atoms. The monoisotopic (exact) mass is 184 g/mol.